The third-order valence-electron chi connectivity index (χ3n) is 3.05. The molecule has 0 aliphatic carbocycles. The van der Waals surface area contributed by atoms with Crippen LogP contribution in [0.1, 0.15) is 0 Å². The van der Waals surface area contributed by atoms with Gasteiger partial charge >= 0.3 is 0 Å². The first-order valence-corrected chi connectivity index (χ1v) is 8.34. The van der Waals surface area contributed by atoms with Crippen LogP contribution in [0.15, 0.2) is 25.6 Å². The summed E-state index contributed by atoms with van der Waals surface area (Å²) in [5.74, 6) is 0.363. The fraction of sp³-hybridized carbons (Fsp3) is 0.500. The number of ether oxygens (including phenoxy) is 2. The van der Waals surface area contributed by atoms with E-state index >= 15 is 0 Å². The van der Waals surface area contributed by atoms with E-state index in [1.54, 1.807) is 12.1 Å². The zero-order valence-corrected chi connectivity index (χ0v) is 15.2. The van der Waals surface area contributed by atoms with Crippen molar-refractivity contribution in [3.63, 3.8) is 0 Å². The van der Waals surface area contributed by atoms with Crippen molar-refractivity contribution in [2.24, 2.45) is 0 Å². The van der Waals surface area contributed by atoms with Crippen molar-refractivity contribution in [3.8, 4) is 5.75 Å². The van der Waals surface area contributed by atoms with Gasteiger partial charge in [0.2, 0.25) is 6.29 Å². The van der Waals surface area contributed by atoms with Crippen LogP contribution >= 0.6 is 47.8 Å². The van der Waals surface area contributed by atoms with E-state index in [2.05, 4.69) is 47.8 Å². The first-order chi connectivity index (χ1) is 9.85. The van der Waals surface area contributed by atoms with E-state index in [-0.39, 0.29) is 0 Å². The average molecular weight is 493 g/mol. The molecule has 1 heterocycles. The summed E-state index contributed by atoms with van der Waals surface area (Å²) < 4.78 is 12.9. The molecule has 1 fully saturated rings. The predicted octanol–water partition coefficient (Wildman–Crippen LogP) is 1.15. The summed E-state index contributed by atoms with van der Waals surface area (Å²) in [6.07, 6.45) is -6.59. The predicted molar refractivity (Wildman–Crippen MR) is 83.9 cm³/mol. The molecule has 0 unspecified atom stereocenters. The van der Waals surface area contributed by atoms with E-state index in [1.165, 1.54) is 0 Å². The summed E-state index contributed by atoms with van der Waals surface area (Å²) >= 11 is 9.96. The summed E-state index contributed by atoms with van der Waals surface area (Å²) in [4.78, 5) is 0. The largest absolute Gasteiger partial charge is 0.460 e. The van der Waals surface area contributed by atoms with Gasteiger partial charge < -0.3 is 29.9 Å². The SMILES string of the molecule is OC[C@@H]1O[C@H](Oc2c(Br)cc(Br)cc2Br)[C@@H](O)[C@H](O)[C@H]1O. The third-order valence-corrected chi connectivity index (χ3v) is 4.68. The fourth-order valence-electron chi connectivity index (χ4n) is 1.92. The van der Waals surface area contributed by atoms with Crippen molar-refractivity contribution >= 4 is 47.8 Å². The average Bonchev–Trinajstić information content (AvgIpc) is 2.42. The highest BCUT2D eigenvalue weighted by atomic mass is 79.9. The van der Waals surface area contributed by atoms with E-state index in [9.17, 15) is 15.3 Å². The smallest absolute Gasteiger partial charge is 0.229 e. The minimum atomic E-state index is -1.48. The highest BCUT2D eigenvalue weighted by molar-refractivity contribution is 9.11. The number of rotatable bonds is 3. The molecular formula is C12H13Br3O6. The van der Waals surface area contributed by atoms with Crippen LogP contribution in [0.2, 0.25) is 0 Å². The molecule has 118 valence electrons. The van der Waals surface area contributed by atoms with Crippen molar-refractivity contribution in [3.05, 3.63) is 25.6 Å². The Kier molecular flexibility index (Phi) is 6.06. The summed E-state index contributed by atoms with van der Waals surface area (Å²) in [6, 6.07) is 3.48. The summed E-state index contributed by atoms with van der Waals surface area (Å²) in [5, 5.41) is 38.5. The molecule has 0 aromatic heterocycles. The molecule has 6 nitrogen and oxygen atoms in total. The number of benzene rings is 1. The maximum Gasteiger partial charge on any atom is 0.229 e. The lowest BCUT2D eigenvalue weighted by Crippen LogP contribution is -2.60. The van der Waals surface area contributed by atoms with Crippen molar-refractivity contribution in [2.45, 2.75) is 30.7 Å². The van der Waals surface area contributed by atoms with Crippen LogP contribution in [0.25, 0.3) is 0 Å². The maximum absolute atomic E-state index is 9.94. The maximum atomic E-state index is 9.94. The van der Waals surface area contributed by atoms with Gasteiger partial charge in [-0.15, -0.1) is 0 Å². The fourth-order valence-corrected chi connectivity index (χ4v) is 4.37. The highest BCUT2D eigenvalue weighted by Crippen LogP contribution is 2.38. The van der Waals surface area contributed by atoms with Crippen molar-refractivity contribution < 1.29 is 29.9 Å². The van der Waals surface area contributed by atoms with Gasteiger partial charge in [0, 0.05) is 4.47 Å². The number of aliphatic hydroxyl groups excluding tert-OH is 4. The zero-order valence-electron chi connectivity index (χ0n) is 10.5. The molecule has 1 saturated heterocycles. The third kappa shape index (κ3) is 3.78. The summed E-state index contributed by atoms with van der Waals surface area (Å²) in [6.45, 7) is -0.506. The molecule has 21 heavy (non-hydrogen) atoms. The van der Waals surface area contributed by atoms with Gasteiger partial charge in [0.05, 0.1) is 15.6 Å². The minimum absolute atomic E-state index is 0.363. The molecule has 2 rings (SSSR count). The Morgan fingerprint density at radius 1 is 1.00 bits per heavy atom. The molecule has 0 radical (unpaired) electrons. The van der Waals surface area contributed by atoms with Gasteiger partial charge in [-0.05, 0) is 44.0 Å². The molecule has 1 aliphatic heterocycles. The molecule has 5 atom stereocenters. The van der Waals surface area contributed by atoms with Crippen LogP contribution in [0.3, 0.4) is 0 Å². The van der Waals surface area contributed by atoms with Crippen LogP contribution in [-0.2, 0) is 4.74 Å². The molecule has 0 amide bonds. The van der Waals surface area contributed by atoms with Gasteiger partial charge in [0.1, 0.15) is 24.4 Å². The van der Waals surface area contributed by atoms with E-state index in [0.29, 0.717) is 14.7 Å². The Morgan fingerprint density at radius 2 is 1.57 bits per heavy atom. The van der Waals surface area contributed by atoms with Crippen LogP contribution in [0, 0.1) is 0 Å². The van der Waals surface area contributed by atoms with Crippen molar-refractivity contribution in [2.75, 3.05) is 6.61 Å². The number of hydrogen-bond donors (Lipinski definition) is 4. The Morgan fingerprint density at radius 3 is 2.10 bits per heavy atom. The normalized spacial score (nSPS) is 33.0. The minimum Gasteiger partial charge on any atom is -0.460 e. The number of halogens is 3. The topological polar surface area (TPSA) is 99.4 Å². The molecule has 9 heteroatoms. The van der Waals surface area contributed by atoms with Gasteiger partial charge in [0.25, 0.3) is 0 Å². The highest BCUT2D eigenvalue weighted by Gasteiger charge is 2.45. The van der Waals surface area contributed by atoms with E-state index < -0.39 is 37.3 Å². The second kappa shape index (κ2) is 7.22. The monoisotopic (exact) mass is 490 g/mol. The Labute approximate surface area is 146 Å². The standard InChI is InChI=1S/C12H13Br3O6/c13-4-1-5(14)11(6(15)2-4)21-12-10(19)9(18)8(17)7(3-16)20-12/h1-2,7-10,12,16-19H,3H2/t7-,8-,9+,10-,12+/m0/s1. The second-order valence-electron chi connectivity index (χ2n) is 4.51. The quantitative estimate of drug-likeness (QED) is 0.505. The van der Waals surface area contributed by atoms with Gasteiger partial charge in [0.15, 0.2) is 5.75 Å². The Bertz CT molecular complexity index is 489. The number of aliphatic hydroxyl groups is 4. The summed E-state index contributed by atoms with van der Waals surface area (Å²) in [5.41, 5.74) is 0. The lowest BCUT2D eigenvalue weighted by molar-refractivity contribution is -0.277. The molecule has 4 N–H and O–H groups in total. The van der Waals surface area contributed by atoms with Crippen LogP contribution in [0.5, 0.6) is 5.75 Å². The molecule has 0 bridgehead atoms. The van der Waals surface area contributed by atoms with Gasteiger partial charge in [-0.1, -0.05) is 15.9 Å². The first kappa shape index (κ1) is 17.6. The zero-order chi connectivity index (χ0) is 15.7. The van der Waals surface area contributed by atoms with Crippen LogP contribution < -0.4 is 4.74 Å². The van der Waals surface area contributed by atoms with Crippen LogP contribution in [-0.4, -0.2) is 57.7 Å². The van der Waals surface area contributed by atoms with Gasteiger partial charge in [-0.25, -0.2) is 0 Å². The molecule has 1 aliphatic rings. The van der Waals surface area contributed by atoms with E-state index in [0.717, 1.165) is 4.47 Å². The number of hydrogen-bond acceptors (Lipinski definition) is 6. The summed E-state index contributed by atoms with van der Waals surface area (Å²) in [7, 11) is 0. The van der Waals surface area contributed by atoms with Gasteiger partial charge in [-0.2, -0.15) is 0 Å². The molecule has 0 spiro atoms. The molecular weight excluding hydrogens is 480 g/mol. The van der Waals surface area contributed by atoms with E-state index in [1.807, 2.05) is 0 Å². The Balaban J connectivity index is 2.22. The lowest BCUT2D eigenvalue weighted by atomic mass is 9.99. The molecule has 0 saturated carbocycles. The van der Waals surface area contributed by atoms with Crippen LogP contribution in [0.4, 0.5) is 0 Å². The Hall–Kier alpha value is 0.260. The van der Waals surface area contributed by atoms with Crippen molar-refractivity contribution in [1.29, 1.82) is 0 Å². The lowest BCUT2D eigenvalue weighted by Gasteiger charge is -2.39. The second-order valence-corrected chi connectivity index (χ2v) is 7.14. The van der Waals surface area contributed by atoms with Gasteiger partial charge in [-0.3, -0.25) is 0 Å². The van der Waals surface area contributed by atoms with Crippen molar-refractivity contribution in [1.82, 2.24) is 0 Å². The molecule has 1 aromatic carbocycles. The first-order valence-electron chi connectivity index (χ1n) is 5.97. The van der Waals surface area contributed by atoms with E-state index in [4.69, 9.17) is 14.6 Å². The molecule has 1 aromatic rings.